The number of rotatable bonds is 8. The number of aryl methyl sites for hydroxylation is 1. The van der Waals surface area contributed by atoms with E-state index in [0.29, 0.717) is 18.9 Å². The first-order chi connectivity index (χ1) is 17.1. The zero-order chi connectivity index (χ0) is 24.7. The van der Waals surface area contributed by atoms with E-state index in [9.17, 15) is 9.59 Å². The van der Waals surface area contributed by atoms with Crippen LogP contribution in [0.5, 0.6) is 5.75 Å². The number of hydrogen-bond acceptors (Lipinski definition) is 7. The highest BCUT2D eigenvalue weighted by Crippen LogP contribution is 2.36. The second kappa shape index (κ2) is 16.7. The van der Waals surface area contributed by atoms with Gasteiger partial charge in [0.05, 0.1) is 20.3 Å². The number of esters is 1. The minimum absolute atomic E-state index is 0. The summed E-state index contributed by atoms with van der Waals surface area (Å²) < 4.78 is 10.6. The van der Waals surface area contributed by atoms with Crippen LogP contribution in [0.15, 0.2) is 24.3 Å². The monoisotopic (exact) mass is 594 g/mol. The van der Waals surface area contributed by atoms with Gasteiger partial charge in [-0.1, -0.05) is 25.0 Å². The average Bonchev–Trinajstić information content (AvgIpc) is 2.92. The molecule has 1 amide bonds. The molecule has 1 saturated carbocycles. The second-order valence-corrected chi connectivity index (χ2v) is 10.1. The Morgan fingerprint density at radius 3 is 2.24 bits per heavy atom. The summed E-state index contributed by atoms with van der Waals surface area (Å²) in [5.41, 5.74) is 0.320. The lowest BCUT2D eigenvalue weighted by atomic mass is 9.75. The number of halogens is 3. The van der Waals surface area contributed by atoms with E-state index < -0.39 is 5.54 Å². The molecule has 8 nitrogen and oxygen atoms in total. The zero-order valence-corrected chi connectivity index (χ0v) is 25.1. The first kappa shape index (κ1) is 34.7. The molecule has 11 heteroatoms. The number of ether oxygens (including phenoxy) is 2. The third-order valence-electron chi connectivity index (χ3n) is 8.25. The Hall–Kier alpha value is -1.29. The van der Waals surface area contributed by atoms with Crippen LogP contribution < -0.4 is 15.4 Å². The fourth-order valence-corrected chi connectivity index (χ4v) is 6.25. The van der Waals surface area contributed by atoms with Crippen molar-refractivity contribution in [2.75, 3.05) is 53.5 Å². The number of benzene rings is 1. The van der Waals surface area contributed by atoms with Crippen LogP contribution in [0.1, 0.15) is 50.5 Å². The molecular weight excluding hydrogens is 551 g/mol. The number of nitrogens with zero attached hydrogens (tertiary/aromatic N) is 2. The van der Waals surface area contributed by atoms with Crippen LogP contribution in [-0.2, 0) is 20.7 Å². The smallest absolute Gasteiger partial charge is 0.328 e. The molecule has 38 heavy (non-hydrogen) atoms. The summed E-state index contributed by atoms with van der Waals surface area (Å²) in [4.78, 5) is 31.3. The van der Waals surface area contributed by atoms with Crippen molar-refractivity contribution < 1.29 is 19.1 Å². The summed E-state index contributed by atoms with van der Waals surface area (Å²) in [6.07, 6.45) is 6.95. The van der Waals surface area contributed by atoms with Crippen LogP contribution in [0, 0.1) is 0 Å². The molecule has 3 fully saturated rings. The number of nitrogens with one attached hydrogen (secondary N) is 2. The molecule has 1 aromatic rings. The molecule has 0 spiro atoms. The molecule has 1 aromatic carbocycles. The fraction of sp³-hybridized carbons (Fsp3) is 0.704. The Balaban J connectivity index is 0.00000241. The fourth-order valence-electron chi connectivity index (χ4n) is 6.25. The van der Waals surface area contributed by atoms with Crippen molar-refractivity contribution in [3.8, 4) is 5.75 Å². The van der Waals surface area contributed by atoms with Gasteiger partial charge in [-0.25, -0.2) is 4.79 Å². The van der Waals surface area contributed by atoms with Gasteiger partial charge < -0.3 is 20.1 Å². The van der Waals surface area contributed by atoms with Gasteiger partial charge in [0.1, 0.15) is 11.3 Å². The van der Waals surface area contributed by atoms with E-state index in [0.717, 1.165) is 76.3 Å². The highest BCUT2D eigenvalue weighted by Gasteiger charge is 2.53. The van der Waals surface area contributed by atoms with Gasteiger partial charge in [-0.2, -0.15) is 0 Å². The molecule has 2 atom stereocenters. The quantitative estimate of drug-likeness (QED) is 0.447. The van der Waals surface area contributed by atoms with Gasteiger partial charge in [-0.3, -0.25) is 14.6 Å². The number of piperazine rings is 1. The van der Waals surface area contributed by atoms with Gasteiger partial charge in [-0.05, 0) is 62.9 Å². The number of piperidine rings is 1. The number of hydrogen-bond donors (Lipinski definition) is 2. The van der Waals surface area contributed by atoms with E-state index in [2.05, 4.69) is 20.4 Å². The Morgan fingerprint density at radius 1 is 0.974 bits per heavy atom. The first-order valence-electron chi connectivity index (χ1n) is 13.3. The Labute approximate surface area is 246 Å². The molecule has 2 saturated heterocycles. The summed E-state index contributed by atoms with van der Waals surface area (Å²) in [7, 11) is 3.13. The molecule has 2 heterocycles. The molecule has 0 bridgehead atoms. The largest absolute Gasteiger partial charge is 0.497 e. The van der Waals surface area contributed by atoms with Crippen molar-refractivity contribution in [1.29, 1.82) is 0 Å². The lowest BCUT2D eigenvalue weighted by Gasteiger charge is -2.52. The van der Waals surface area contributed by atoms with Crippen molar-refractivity contribution in [2.24, 2.45) is 0 Å². The van der Waals surface area contributed by atoms with E-state index in [-0.39, 0.29) is 55.1 Å². The summed E-state index contributed by atoms with van der Waals surface area (Å²) in [5, 5.41) is 6.71. The number of amides is 1. The van der Waals surface area contributed by atoms with Crippen molar-refractivity contribution in [1.82, 2.24) is 20.4 Å². The lowest BCUT2D eigenvalue weighted by molar-refractivity contribution is -0.163. The third kappa shape index (κ3) is 8.12. The molecule has 218 valence electrons. The highest BCUT2D eigenvalue weighted by molar-refractivity contribution is 5.86. The van der Waals surface area contributed by atoms with E-state index in [4.69, 9.17) is 9.47 Å². The third-order valence-corrected chi connectivity index (χ3v) is 8.25. The molecule has 0 radical (unpaired) electrons. The van der Waals surface area contributed by atoms with Crippen LogP contribution >= 0.6 is 37.2 Å². The van der Waals surface area contributed by atoms with Crippen LogP contribution in [-0.4, -0.2) is 92.8 Å². The number of carbonyl (C=O) groups excluding carboxylic acids is 2. The van der Waals surface area contributed by atoms with Crippen LogP contribution in [0.25, 0.3) is 0 Å². The normalized spacial score (nSPS) is 24.6. The number of methoxy groups -OCH3 is 2. The van der Waals surface area contributed by atoms with Gasteiger partial charge >= 0.3 is 5.97 Å². The van der Waals surface area contributed by atoms with Crippen LogP contribution in [0.3, 0.4) is 0 Å². The summed E-state index contributed by atoms with van der Waals surface area (Å²) in [6.45, 7) is 5.75. The Kier molecular flexibility index (Phi) is 15.3. The minimum atomic E-state index is -0.775. The predicted molar refractivity (Wildman–Crippen MR) is 157 cm³/mol. The van der Waals surface area contributed by atoms with Crippen molar-refractivity contribution in [3.63, 3.8) is 0 Å². The Morgan fingerprint density at radius 2 is 1.63 bits per heavy atom. The van der Waals surface area contributed by atoms with Crippen LogP contribution in [0.4, 0.5) is 0 Å². The first-order valence-corrected chi connectivity index (χ1v) is 13.3. The molecule has 0 aromatic heterocycles. The maximum Gasteiger partial charge on any atom is 0.328 e. The molecule has 2 aliphatic heterocycles. The highest BCUT2D eigenvalue weighted by atomic mass is 35.5. The van der Waals surface area contributed by atoms with E-state index in [1.807, 2.05) is 24.3 Å². The van der Waals surface area contributed by atoms with Gasteiger partial charge in [0.2, 0.25) is 5.91 Å². The zero-order valence-electron chi connectivity index (χ0n) is 22.6. The van der Waals surface area contributed by atoms with Crippen molar-refractivity contribution >= 4 is 49.1 Å². The topological polar surface area (TPSA) is 83.1 Å². The standard InChI is InChI=1S/C27H42N4O4.3ClH/c1-34-23-9-6-21(7-10-23)8-11-25(32)29-24-5-3-4-14-27(24,26(33)35-2)31-19-17-30(18-20-31)22-12-15-28-16-13-22;;;/h6-7,9-10,22,24,28H,3-5,8,11-20H2,1-2H3,(H,29,32);3*1H/t24-,27?;;;/m0.../s1. The SMILES string of the molecule is COC(=O)C1(N2CCN(C3CCNCC3)CC2)CCCC[C@@H]1NC(=O)CCc1ccc(OC)cc1.Cl.Cl.Cl. The van der Waals surface area contributed by atoms with Crippen LogP contribution in [0.2, 0.25) is 0 Å². The van der Waals surface area contributed by atoms with Gasteiger partial charge in [0.25, 0.3) is 0 Å². The summed E-state index contributed by atoms with van der Waals surface area (Å²) >= 11 is 0. The lowest BCUT2D eigenvalue weighted by Crippen LogP contribution is -2.71. The van der Waals surface area contributed by atoms with E-state index >= 15 is 0 Å². The van der Waals surface area contributed by atoms with Gasteiger partial charge in [-0.15, -0.1) is 37.2 Å². The van der Waals surface area contributed by atoms with Gasteiger partial charge in [0, 0.05) is 38.6 Å². The van der Waals surface area contributed by atoms with Crippen molar-refractivity contribution in [2.45, 2.75) is 69.0 Å². The molecule has 1 aliphatic carbocycles. The van der Waals surface area contributed by atoms with E-state index in [1.54, 1.807) is 7.11 Å². The minimum Gasteiger partial charge on any atom is -0.497 e. The number of carbonyl (C=O) groups is 2. The molecular formula is C27H45Cl3N4O4. The predicted octanol–water partition coefficient (Wildman–Crippen LogP) is 3.23. The molecule has 4 rings (SSSR count). The van der Waals surface area contributed by atoms with Crippen molar-refractivity contribution in [3.05, 3.63) is 29.8 Å². The average molecular weight is 596 g/mol. The van der Waals surface area contributed by atoms with Gasteiger partial charge in [0.15, 0.2) is 0 Å². The summed E-state index contributed by atoms with van der Waals surface area (Å²) in [5.74, 6) is 0.603. The maximum atomic E-state index is 13.4. The maximum absolute atomic E-state index is 13.4. The molecule has 2 N–H and O–H groups in total. The molecule has 1 unspecified atom stereocenters. The second-order valence-electron chi connectivity index (χ2n) is 10.1. The van der Waals surface area contributed by atoms with E-state index in [1.165, 1.54) is 20.0 Å². The Bertz CT molecular complexity index is 849. The molecule has 3 aliphatic rings. The summed E-state index contributed by atoms with van der Waals surface area (Å²) in [6, 6.07) is 8.23.